The van der Waals surface area contributed by atoms with Gasteiger partial charge >= 0.3 is 0 Å². The van der Waals surface area contributed by atoms with Crippen molar-refractivity contribution in [2.75, 3.05) is 5.32 Å². The molecule has 4 nitrogen and oxygen atoms in total. The third-order valence-corrected chi connectivity index (χ3v) is 2.59. The highest BCUT2D eigenvalue weighted by molar-refractivity contribution is 6.03. The Kier molecular flexibility index (Phi) is 2.51. The summed E-state index contributed by atoms with van der Waals surface area (Å²) < 4.78 is 0. The van der Waals surface area contributed by atoms with Crippen LogP contribution in [-0.2, 0) is 9.59 Å². The molecule has 0 saturated heterocycles. The van der Waals surface area contributed by atoms with Crippen LogP contribution in [0.5, 0.6) is 0 Å². The molecule has 15 heavy (non-hydrogen) atoms. The van der Waals surface area contributed by atoms with Crippen molar-refractivity contribution in [3.8, 4) is 0 Å². The summed E-state index contributed by atoms with van der Waals surface area (Å²) >= 11 is 0. The lowest BCUT2D eigenvalue weighted by molar-refractivity contribution is -0.117. The highest BCUT2D eigenvalue weighted by Crippen LogP contribution is 2.34. The van der Waals surface area contributed by atoms with E-state index in [2.05, 4.69) is 5.32 Å². The Hall–Kier alpha value is -1.68. The van der Waals surface area contributed by atoms with Crippen molar-refractivity contribution in [1.82, 2.24) is 0 Å². The number of carbonyl (C=O) groups is 2. The smallest absolute Gasteiger partial charge is 0.232 e. The van der Waals surface area contributed by atoms with Gasteiger partial charge in [0.2, 0.25) is 5.91 Å². The lowest BCUT2D eigenvalue weighted by Crippen LogP contribution is -2.26. The first kappa shape index (κ1) is 9.86. The maximum Gasteiger partial charge on any atom is 0.232 e. The van der Waals surface area contributed by atoms with E-state index in [1.54, 1.807) is 0 Å². The molecule has 1 aliphatic rings. The van der Waals surface area contributed by atoms with Crippen LogP contribution in [0, 0.1) is 0 Å². The molecule has 0 saturated carbocycles. The number of amides is 1. The zero-order valence-corrected chi connectivity index (χ0v) is 8.14. The van der Waals surface area contributed by atoms with Gasteiger partial charge in [0.25, 0.3) is 0 Å². The number of benzene rings is 1. The predicted molar refractivity (Wildman–Crippen MR) is 56.5 cm³/mol. The second-order valence-electron chi connectivity index (χ2n) is 3.66. The summed E-state index contributed by atoms with van der Waals surface area (Å²) in [5, 5.41) is 2.77. The van der Waals surface area contributed by atoms with E-state index in [1.807, 2.05) is 24.3 Å². The Balaban J connectivity index is 2.26. The zero-order valence-electron chi connectivity index (χ0n) is 8.14. The molecule has 0 bridgehead atoms. The largest absolute Gasteiger partial charge is 0.325 e. The van der Waals surface area contributed by atoms with E-state index in [0.29, 0.717) is 12.7 Å². The molecule has 2 rings (SSSR count). The van der Waals surface area contributed by atoms with Crippen LogP contribution in [0.1, 0.15) is 17.9 Å². The molecule has 0 aromatic heterocycles. The van der Waals surface area contributed by atoms with E-state index >= 15 is 0 Å². The lowest BCUT2D eigenvalue weighted by atomic mass is 9.94. The third kappa shape index (κ3) is 1.76. The number of rotatable bonds is 3. The van der Waals surface area contributed by atoms with Gasteiger partial charge in [-0.3, -0.25) is 4.79 Å². The van der Waals surface area contributed by atoms with Crippen LogP contribution in [-0.4, -0.2) is 18.2 Å². The Bertz CT molecular complexity index is 403. The number of fused-ring (bicyclic) bond motifs is 1. The van der Waals surface area contributed by atoms with Crippen molar-refractivity contribution in [3.05, 3.63) is 29.8 Å². The van der Waals surface area contributed by atoms with Crippen molar-refractivity contribution in [2.45, 2.75) is 18.4 Å². The van der Waals surface area contributed by atoms with Crippen molar-refractivity contribution in [1.29, 1.82) is 0 Å². The Morgan fingerprint density at radius 1 is 1.47 bits per heavy atom. The Labute approximate surface area is 87.5 Å². The summed E-state index contributed by atoms with van der Waals surface area (Å²) in [7, 11) is 0. The average Bonchev–Trinajstić information content (AvgIpc) is 2.55. The molecule has 0 aliphatic carbocycles. The van der Waals surface area contributed by atoms with E-state index < -0.39 is 6.04 Å². The summed E-state index contributed by atoms with van der Waals surface area (Å²) in [4.78, 5) is 22.1. The maximum absolute atomic E-state index is 11.6. The average molecular weight is 204 g/mol. The number of anilines is 1. The van der Waals surface area contributed by atoms with Crippen molar-refractivity contribution >= 4 is 17.9 Å². The van der Waals surface area contributed by atoms with Gasteiger partial charge in [0.05, 0.1) is 12.0 Å². The third-order valence-electron chi connectivity index (χ3n) is 2.59. The predicted octanol–water partition coefficient (Wildman–Crippen LogP) is 0.639. The number of para-hydroxylation sites is 1. The normalized spacial score (nSPS) is 20.6. The van der Waals surface area contributed by atoms with Crippen LogP contribution >= 0.6 is 0 Å². The minimum absolute atomic E-state index is 0.0755. The number of carbonyl (C=O) groups excluding carboxylic acids is 2. The summed E-state index contributed by atoms with van der Waals surface area (Å²) in [6.07, 6.45) is 1.04. The molecule has 3 N–H and O–H groups in total. The molecule has 0 fully saturated rings. The summed E-state index contributed by atoms with van der Waals surface area (Å²) in [5.41, 5.74) is 7.28. The van der Waals surface area contributed by atoms with Crippen LogP contribution in [0.3, 0.4) is 0 Å². The molecule has 4 heteroatoms. The van der Waals surface area contributed by atoms with Gasteiger partial charge in [0, 0.05) is 5.69 Å². The summed E-state index contributed by atoms with van der Waals surface area (Å²) in [6, 6.07) is 6.89. The zero-order chi connectivity index (χ0) is 10.8. The van der Waals surface area contributed by atoms with Gasteiger partial charge in [0.1, 0.15) is 6.29 Å². The number of nitrogens with two attached hydrogens (primary N) is 1. The lowest BCUT2D eigenvalue weighted by Gasteiger charge is -2.10. The molecule has 0 spiro atoms. The Morgan fingerprint density at radius 3 is 2.93 bits per heavy atom. The standard InChI is InChI=1S/C11H12N2O2/c12-7(6-14)5-9-8-3-1-2-4-10(8)13-11(9)15/h1-4,6-7,9H,5,12H2,(H,13,15)/t7-,9?/m0/s1. The number of aldehydes is 1. The van der Waals surface area contributed by atoms with Crippen molar-refractivity contribution in [3.63, 3.8) is 0 Å². The monoisotopic (exact) mass is 204 g/mol. The van der Waals surface area contributed by atoms with E-state index in [-0.39, 0.29) is 11.8 Å². The van der Waals surface area contributed by atoms with Gasteiger partial charge in [-0.2, -0.15) is 0 Å². The molecule has 78 valence electrons. The first-order valence-electron chi connectivity index (χ1n) is 4.83. The maximum atomic E-state index is 11.6. The second kappa shape index (κ2) is 3.82. The van der Waals surface area contributed by atoms with Crippen LogP contribution in [0.4, 0.5) is 5.69 Å². The molecule has 2 atom stereocenters. The molecule has 0 radical (unpaired) electrons. The highest BCUT2D eigenvalue weighted by Gasteiger charge is 2.31. The Morgan fingerprint density at radius 2 is 2.20 bits per heavy atom. The van der Waals surface area contributed by atoms with E-state index in [0.717, 1.165) is 11.3 Å². The number of nitrogens with one attached hydrogen (secondary N) is 1. The van der Waals surface area contributed by atoms with Crippen LogP contribution in [0.2, 0.25) is 0 Å². The van der Waals surface area contributed by atoms with Crippen molar-refractivity contribution < 1.29 is 9.59 Å². The second-order valence-corrected chi connectivity index (χ2v) is 3.66. The summed E-state index contributed by atoms with van der Waals surface area (Å²) in [6.45, 7) is 0. The molecule has 1 amide bonds. The van der Waals surface area contributed by atoms with Gasteiger partial charge in [-0.1, -0.05) is 18.2 Å². The van der Waals surface area contributed by atoms with Crippen molar-refractivity contribution in [2.24, 2.45) is 5.73 Å². The fourth-order valence-electron chi connectivity index (χ4n) is 1.84. The molecular formula is C11H12N2O2. The van der Waals surface area contributed by atoms with E-state index in [1.165, 1.54) is 0 Å². The molecule has 1 aliphatic heterocycles. The minimum atomic E-state index is -0.577. The molecule has 1 unspecified atom stereocenters. The molecule has 1 aromatic carbocycles. The molecular weight excluding hydrogens is 192 g/mol. The van der Waals surface area contributed by atoms with Gasteiger partial charge in [-0.25, -0.2) is 0 Å². The first-order valence-corrected chi connectivity index (χ1v) is 4.83. The van der Waals surface area contributed by atoms with Crippen LogP contribution in [0.15, 0.2) is 24.3 Å². The first-order chi connectivity index (χ1) is 7.22. The van der Waals surface area contributed by atoms with Crippen LogP contribution < -0.4 is 11.1 Å². The van der Waals surface area contributed by atoms with Gasteiger partial charge in [-0.15, -0.1) is 0 Å². The SMILES string of the molecule is N[C@H](C=O)CC1C(=O)Nc2ccccc21. The number of hydrogen-bond acceptors (Lipinski definition) is 3. The fourth-order valence-corrected chi connectivity index (χ4v) is 1.84. The van der Waals surface area contributed by atoms with Gasteiger partial charge in [-0.05, 0) is 18.1 Å². The van der Waals surface area contributed by atoms with Crippen LogP contribution in [0.25, 0.3) is 0 Å². The highest BCUT2D eigenvalue weighted by atomic mass is 16.2. The summed E-state index contributed by atoms with van der Waals surface area (Å²) in [5.74, 6) is -0.366. The topological polar surface area (TPSA) is 72.2 Å². The van der Waals surface area contributed by atoms with Gasteiger partial charge in [0.15, 0.2) is 0 Å². The quantitative estimate of drug-likeness (QED) is 0.709. The van der Waals surface area contributed by atoms with E-state index in [4.69, 9.17) is 5.73 Å². The number of hydrogen-bond donors (Lipinski definition) is 2. The van der Waals surface area contributed by atoms with E-state index in [9.17, 15) is 9.59 Å². The molecule has 1 aromatic rings. The van der Waals surface area contributed by atoms with Gasteiger partial charge < -0.3 is 15.8 Å². The minimum Gasteiger partial charge on any atom is -0.325 e. The molecule has 1 heterocycles. The fraction of sp³-hybridized carbons (Fsp3) is 0.273.